The van der Waals surface area contributed by atoms with Crippen LogP contribution in [0.2, 0.25) is 0 Å². The number of fused-ring (bicyclic) bond motifs is 5. The highest BCUT2D eigenvalue weighted by Gasteiger charge is 2.85. The number of ether oxygens (including phenoxy) is 3. The standard InChI is InChI=1S/C26H31F9O3/c1-22-11-10-18-17-7-5-16(36-2)14-15(17)4-6-19(18)20(22)8-9-21(22)37-12-3-13-38-23(24(27,28)29,25(30,31)32)26(33,34)35/h5,7,14,18-21H,3-4,6,8-13H2,1-2H3. The molecule has 4 rings (SSSR count). The summed E-state index contributed by atoms with van der Waals surface area (Å²) in [6, 6.07) is 6.16. The molecule has 12 heteroatoms. The highest BCUT2D eigenvalue weighted by Crippen LogP contribution is 2.62. The highest BCUT2D eigenvalue weighted by atomic mass is 19.4. The Kier molecular flexibility index (Phi) is 7.75. The second kappa shape index (κ2) is 10.1. The minimum absolute atomic E-state index is 0.223. The molecule has 2 fully saturated rings. The largest absolute Gasteiger partial charge is 0.497 e. The summed E-state index contributed by atoms with van der Waals surface area (Å²) in [6.07, 6.45) is -15.7. The van der Waals surface area contributed by atoms with Crippen LogP contribution in [0, 0.1) is 17.3 Å². The SMILES string of the molecule is COc1ccc2c(c1)CCC1C2CCC2(C)C(OCCCOC(C(F)(F)F)(C(F)(F)F)C(F)(F)F)CCC12. The molecular formula is C26H31F9O3. The summed E-state index contributed by atoms with van der Waals surface area (Å²) in [6.45, 7) is 0.400. The van der Waals surface area contributed by atoms with Crippen LogP contribution in [0.4, 0.5) is 39.5 Å². The van der Waals surface area contributed by atoms with E-state index in [0.29, 0.717) is 24.2 Å². The van der Waals surface area contributed by atoms with E-state index < -0.39 is 37.2 Å². The number of methoxy groups -OCH3 is 1. The number of rotatable bonds is 7. The average molecular weight is 563 g/mol. The first-order chi connectivity index (χ1) is 17.6. The molecule has 1 aromatic carbocycles. The van der Waals surface area contributed by atoms with Crippen molar-refractivity contribution in [1.82, 2.24) is 0 Å². The normalized spacial score (nSPS) is 30.0. The Morgan fingerprint density at radius 1 is 0.868 bits per heavy atom. The summed E-state index contributed by atoms with van der Waals surface area (Å²) < 4.78 is 132. The van der Waals surface area contributed by atoms with Crippen molar-refractivity contribution in [2.45, 2.75) is 88.0 Å². The molecule has 0 spiro atoms. The lowest BCUT2D eigenvalue weighted by molar-refractivity contribution is -0.457. The molecule has 3 aliphatic carbocycles. The zero-order chi connectivity index (χ0) is 28.1. The lowest BCUT2D eigenvalue weighted by Crippen LogP contribution is -2.67. The number of alkyl halides is 9. The van der Waals surface area contributed by atoms with Crippen molar-refractivity contribution < 1.29 is 53.7 Å². The third-order valence-electron chi connectivity index (χ3n) is 8.97. The van der Waals surface area contributed by atoms with Crippen LogP contribution in [-0.2, 0) is 15.9 Å². The Bertz CT molecular complexity index is 952. The van der Waals surface area contributed by atoms with Crippen molar-refractivity contribution >= 4 is 0 Å². The van der Waals surface area contributed by atoms with Gasteiger partial charge in [-0.25, -0.2) is 0 Å². The number of hydrogen-bond donors (Lipinski definition) is 0. The Morgan fingerprint density at radius 2 is 1.53 bits per heavy atom. The van der Waals surface area contributed by atoms with Gasteiger partial charge in [0.15, 0.2) is 0 Å². The van der Waals surface area contributed by atoms with E-state index in [1.165, 1.54) is 11.1 Å². The van der Waals surface area contributed by atoms with E-state index in [-0.39, 0.29) is 18.1 Å². The molecule has 0 amide bonds. The highest BCUT2D eigenvalue weighted by molar-refractivity contribution is 5.40. The van der Waals surface area contributed by atoms with E-state index in [0.717, 1.165) is 37.9 Å². The predicted molar refractivity (Wildman–Crippen MR) is 119 cm³/mol. The van der Waals surface area contributed by atoms with Crippen LogP contribution in [0.15, 0.2) is 18.2 Å². The Morgan fingerprint density at radius 3 is 2.13 bits per heavy atom. The third-order valence-corrected chi connectivity index (χ3v) is 8.97. The first-order valence-corrected chi connectivity index (χ1v) is 12.7. The smallest absolute Gasteiger partial charge is 0.435 e. The van der Waals surface area contributed by atoms with Gasteiger partial charge in [0.25, 0.3) is 0 Å². The molecule has 38 heavy (non-hydrogen) atoms. The fourth-order valence-electron chi connectivity index (χ4n) is 7.15. The first kappa shape index (κ1) is 29.3. The number of hydrogen-bond acceptors (Lipinski definition) is 3. The van der Waals surface area contributed by atoms with Crippen LogP contribution in [0.5, 0.6) is 5.75 Å². The van der Waals surface area contributed by atoms with Gasteiger partial charge in [0.1, 0.15) is 5.75 Å². The molecule has 1 aromatic rings. The van der Waals surface area contributed by atoms with E-state index >= 15 is 0 Å². The number of benzene rings is 1. The third kappa shape index (κ3) is 4.77. The molecular weight excluding hydrogens is 531 g/mol. The Labute approximate surface area is 215 Å². The molecule has 5 atom stereocenters. The lowest BCUT2D eigenvalue weighted by Gasteiger charge is -2.50. The second-order valence-electron chi connectivity index (χ2n) is 10.8. The summed E-state index contributed by atoms with van der Waals surface area (Å²) in [7, 11) is 1.63. The summed E-state index contributed by atoms with van der Waals surface area (Å²) in [5.41, 5.74) is -3.85. The van der Waals surface area contributed by atoms with Gasteiger partial charge >= 0.3 is 24.1 Å². The van der Waals surface area contributed by atoms with E-state index in [9.17, 15) is 39.5 Å². The molecule has 5 unspecified atom stereocenters. The van der Waals surface area contributed by atoms with Crippen molar-refractivity contribution in [2.24, 2.45) is 17.3 Å². The maximum absolute atomic E-state index is 13.0. The molecule has 3 aliphatic rings. The zero-order valence-electron chi connectivity index (χ0n) is 21.0. The predicted octanol–water partition coefficient (Wildman–Crippen LogP) is 7.77. The molecule has 0 aliphatic heterocycles. The quantitative estimate of drug-likeness (QED) is 0.251. The molecule has 216 valence electrons. The monoisotopic (exact) mass is 562 g/mol. The summed E-state index contributed by atoms with van der Waals surface area (Å²) in [4.78, 5) is 0. The maximum atomic E-state index is 13.0. The van der Waals surface area contributed by atoms with Crippen molar-refractivity contribution in [2.75, 3.05) is 20.3 Å². The van der Waals surface area contributed by atoms with Gasteiger partial charge in [-0.1, -0.05) is 13.0 Å². The summed E-state index contributed by atoms with van der Waals surface area (Å²) >= 11 is 0. The molecule has 2 saturated carbocycles. The first-order valence-electron chi connectivity index (χ1n) is 12.7. The topological polar surface area (TPSA) is 27.7 Å². The van der Waals surface area contributed by atoms with Gasteiger partial charge in [0, 0.05) is 6.61 Å². The van der Waals surface area contributed by atoms with Gasteiger partial charge in [-0.05, 0) is 91.4 Å². The minimum Gasteiger partial charge on any atom is -0.497 e. The molecule has 0 heterocycles. The lowest BCUT2D eigenvalue weighted by atomic mass is 9.55. The van der Waals surface area contributed by atoms with Gasteiger partial charge < -0.3 is 14.2 Å². The van der Waals surface area contributed by atoms with Crippen LogP contribution in [0.25, 0.3) is 0 Å². The fraction of sp³-hybridized carbons (Fsp3) is 0.769. The van der Waals surface area contributed by atoms with E-state index in [1.807, 2.05) is 6.07 Å². The fourth-order valence-corrected chi connectivity index (χ4v) is 7.15. The number of halogens is 9. The minimum atomic E-state index is -6.72. The van der Waals surface area contributed by atoms with Gasteiger partial charge in [0.05, 0.1) is 19.8 Å². The van der Waals surface area contributed by atoms with E-state index in [2.05, 4.69) is 23.8 Å². The van der Waals surface area contributed by atoms with Crippen LogP contribution >= 0.6 is 0 Å². The van der Waals surface area contributed by atoms with E-state index in [4.69, 9.17) is 9.47 Å². The van der Waals surface area contributed by atoms with Crippen LogP contribution < -0.4 is 4.74 Å². The second-order valence-corrected chi connectivity index (χ2v) is 10.8. The van der Waals surface area contributed by atoms with Crippen LogP contribution in [0.1, 0.15) is 62.5 Å². The molecule has 0 bridgehead atoms. The van der Waals surface area contributed by atoms with Crippen molar-refractivity contribution in [1.29, 1.82) is 0 Å². The van der Waals surface area contributed by atoms with Gasteiger partial charge in [-0.3, -0.25) is 0 Å². The van der Waals surface area contributed by atoms with Crippen LogP contribution in [-0.4, -0.2) is 50.6 Å². The van der Waals surface area contributed by atoms with Crippen molar-refractivity contribution in [3.8, 4) is 5.75 Å². The van der Waals surface area contributed by atoms with Crippen molar-refractivity contribution in [3.63, 3.8) is 0 Å². The van der Waals surface area contributed by atoms with E-state index in [1.54, 1.807) is 7.11 Å². The van der Waals surface area contributed by atoms with Gasteiger partial charge in [-0.15, -0.1) is 0 Å². The molecule has 3 nitrogen and oxygen atoms in total. The summed E-state index contributed by atoms with van der Waals surface area (Å²) in [5.74, 6) is 1.98. The summed E-state index contributed by atoms with van der Waals surface area (Å²) in [5, 5.41) is 0. The van der Waals surface area contributed by atoms with Gasteiger partial charge in [0.2, 0.25) is 0 Å². The molecule has 0 saturated heterocycles. The Hall–Kier alpha value is -1.69. The zero-order valence-corrected chi connectivity index (χ0v) is 21.0. The average Bonchev–Trinajstić information content (AvgIpc) is 3.14. The maximum Gasteiger partial charge on any atom is 0.435 e. The van der Waals surface area contributed by atoms with Crippen molar-refractivity contribution in [3.05, 3.63) is 29.3 Å². The molecule has 0 N–H and O–H groups in total. The van der Waals surface area contributed by atoms with Gasteiger partial charge in [-0.2, -0.15) is 39.5 Å². The molecule has 0 radical (unpaired) electrons. The molecule has 0 aromatic heterocycles. The Balaban J connectivity index is 1.37. The van der Waals surface area contributed by atoms with Crippen LogP contribution in [0.3, 0.4) is 0 Å². The number of aryl methyl sites for hydroxylation is 1.